The molecule has 0 aromatic carbocycles. The molecular formula is C17H32IN5O. The van der Waals surface area contributed by atoms with Crippen molar-refractivity contribution in [2.24, 2.45) is 22.9 Å². The zero-order valence-electron chi connectivity index (χ0n) is 15.8. The highest BCUT2D eigenvalue weighted by Gasteiger charge is 2.65. The largest absolute Gasteiger partial charge is 0.383 e. The zero-order chi connectivity index (χ0) is 17.5. The number of hydrogen-bond donors (Lipinski definition) is 3. The van der Waals surface area contributed by atoms with E-state index in [4.69, 9.17) is 0 Å². The molecule has 1 heterocycles. The summed E-state index contributed by atoms with van der Waals surface area (Å²) in [6.07, 6.45) is 3.51. The summed E-state index contributed by atoms with van der Waals surface area (Å²) in [6.45, 7) is 13.9. The summed E-state index contributed by atoms with van der Waals surface area (Å²) in [5.41, 5.74) is 0.196. The first-order chi connectivity index (χ1) is 10.5. The highest BCUT2D eigenvalue weighted by molar-refractivity contribution is 14.0. The van der Waals surface area contributed by atoms with Gasteiger partial charge in [-0.05, 0) is 24.7 Å². The number of aliphatic hydroxyl groups is 1. The highest BCUT2D eigenvalue weighted by atomic mass is 127. The molecule has 1 fully saturated rings. The lowest BCUT2D eigenvalue weighted by Gasteiger charge is -2.21. The van der Waals surface area contributed by atoms with Crippen molar-refractivity contribution < 1.29 is 5.11 Å². The molecule has 1 aliphatic carbocycles. The Bertz CT molecular complexity index is 578. The Kier molecular flexibility index (Phi) is 6.36. The molecule has 0 spiro atoms. The standard InChI is InChI=1S/C17H31N5O.HI/c1-8-18-14(21-13-15(2,3)16(13,4)5)19-11-17(6,23)12-9-20-22(7)10-12;/h9-10,13,23H,8,11H2,1-7H3,(H2,18,19,21);1H. The smallest absolute Gasteiger partial charge is 0.191 e. The SMILES string of the molecule is CCNC(=NCC(C)(O)c1cnn(C)c1)NC1C(C)(C)C1(C)C.I. The lowest BCUT2D eigenvalue weighted by Crippen LogP contribution is -2.41. The van der Waals surface area contributed by atoms with Gasteiger partial charge < -0.3 is 15.7 Å². The van der Waals surface area contributed by atoms with E-state index in [9.17, 15) is 5.11 Å². The molecule has 6 nitrogen and oxygen atoms in total. The van der Waals surface area contributed by atoms with E-state index in [1.807, 2.05) is 20.2 Å². The lowest BCUT2D eigenvalue weighted by molar-refractivity contribution is 0.0671. The Hall–Kier alpha value is -0.830. The van der Waals surface area contributed by atoms with Crippen LogP contribution in [-0.4, -0.2) is 40.0 Å². The van der Waals surface area contributed by atoms with E-state index in [-0.39, 0.29) is 41.4 Å². The number of rotatable bonds is 5. The topological polar surface area (TPSA) is 74.5 Å². The third-order valence-electron chi connectivity index (χ3n) is 5.52. The molecule has 3 N–H and O–H groups in total. The summed E-state index contributed by atoms with van der Waals surface area (Å²) in [7, 11) is 1.84. The van der Waals surface area contributed by atoms with Crippen LogP contribution in [0, 0.1) is 10.8 Å². The van der Waals surface area contributed by atoms with E-state index in [1.165, 1.54) is 0 Å². The molecule has 24 heavy (non-hydrogen) atoms. The maximum absolute atomic E-state index is 10.7. The van der Waals surface area contributed by atoms with Gasteiger partial charge in [0, 0.05) is 31.4 Å². The third-order valence-corrected chi connectivity index (χ3v) is 5.52. The van der Waals surface area contributed by atoms with Gasteiger partial charge in [0.25, 0.3) is 0 Å². The van der Waals surface area contributed by atoms with Gasteiger partial charge in [-0.25, -0.2) is 4.99 Å². The first kappa shape index (κ1) is 21.2. The van der Waals surface area contributed by atoms with E-state index in [0.717, 1.165) is 18.1 Å². The normalized spacial score (nSPS) is 21.6. The quantitative estimate of drug-likeness (QED) is 0.366. The Morgan fingerprint density at radius 3 is 2.38 bits per heavy atom. The van der Waals surface area contributed by atoms with Crippen LogP contribution in [0.25, 0.3) is 0 Å². The average Bonchev–Trinajstić information content (AvgIpc) is 2.80. The molecule has 0 amide bonds. The van der Waals surface area contributed by atoms with Crippen molar-refractivity contribution in [3.63, 3.8) is 0 Å². The maximum atomic E-state index is 10.7. The number of aryl methyl sites for hydroxylation is 1. The highest BCUT2D eigenvalue weighted by Crippen LogP contribution is 2.62. The number of guanidine groups is 1. The van der Waals surface area contributed by atoms with Gasteiger partial charge in [0.05, 0.1) is 12.7 Å². The second kappa shape index (κ2) is 7.19. The zero-order valence-corrected chi connectivity index (χ0v) is 18.2. The summed E-state index contributed by atoms with van der Waals surface area (Å²) in [6, 6.07) is 0.371. The molecule has 1 aromatic heterocycles. The van der Waals surface area contributed by atoms with Crippen LogP contribution < -0.4 is 10.6 Å². The van der Waals surface area contributed by atoms with Crippen LogP contribution in [0.5, 0.6) is 0 Å². The molecule has 2 rings (SSSR count). The van der Waals surface area contributed by atoms with Gasteiger partial charge in [-0.15, -0.1) is 24.0 Å². The second-order valence-corrected chi connectivity index (χ2v) is 7.89. The van der Waals surface area contributed by atoms with Crippen molar-refractivity contribution in [3.05, 3.63) is 18.0 Å². The molecule has 1 aromatic rings. The van der Waals surface area contributed by atoms with Crippen molar-refractivity contribution in [2.75, 3.05) is 13.1 Å². The monoisotopic (exact) mass is 449 g/mol. The van der Waals surface area contributed by atoms with E-state index < -0.39 is 5.60 Å². The number of nitrogens with zero attached hydrogens (tertiary/aromatic N) is 3. The van der Waals surface area contributed by atoms with E-state index in [0.29, 0.717) is 6.04 Å². The molecule has 0 saturated heterocycles. The number of nitrogens with one attached hydrogen (secondary N) is 2. The molecule has 7 heteroatoms. The van der Waals surface area contributed by atoms with Gasteiger partial charge in [0.1, 0.15) is 5.60 Å². The van der Waals surface area contributed by atoms with Crippen molar-refractivity contribution in [1.82, 2.24) is 20.4 Å². The second-order valence-electron chi connectivity index (χ2n) is 7.89. The fourth-order valence-electron chi connectivity index (χ4n) is 3.04. The minimum atomic E-state index is -1.04. The van der Waals surface area contributed by atoms with Crippen LogP contribution in [0.15, 0.2) is 17.4 Å². The average molecular weight is 449 g/mol. The number of halogens is 1. The minimum Gasteiger partial charge on any atom is -0.383 e. The van der Waals surface area contributed by atoms with E-state index in [2.05, 4.69) is 48.4 Å². The summed E-state index contributed by atoms with van der Waals surface area (Å²) in [4.78, 5) is 4.59. The summed E-state index contributed by atoms with van der Waals surface area (Å²) in [5.74, 6) is 0.750. The fourth-order valence-corrected chi connectivity index (χ4v) is 3.04. The third kappa shape index (κ3) is 4.04. The van der Waals surface area contributed by atoms with Gasteiger partial charge in [0.15, 0.2) is 5.96 Å². The minimum absolute atomic E-state index is 0. The predicted octanol–water partition coefficient (Wildman–Crippen LogP) is 2.24. The molecule has 138 valence electrons. The molecule has 1 unspecified atom stereocenters. The van der Waals surface area contributed by atoms with Gasteiger partial charge in [0.2, 0.25) is 0 Å². The number of hydrogen-bond acceptors (Lipinski definition) is 3. The lowest BCUT2D eigenvalue weighted by atomic mass is 10.0. The van der Waals surface area contributed by atoms with Gasteiger partial charge >= 0.3 is 0 Å². The van der Waals surface area contributed by atoms with Gasteiger partial charge in [-0.3, -0.25) is 4.68 Å². The fraction of sp³-hybridized carbons (Fsp3) is 0.765. The van der Waals surface area contributed by atoms with Gasteiger partial charge in [-0.1, -0.05) is 27.7 Å². The number of aromatic nitrogens is 2. The van der Waals surface area contributed by atoms with Crippen LogP contribution in [0.4, 0.5) is 0 Å². The molecule has 0 bridgehead atoms. The Morgan fingerprint density at radius 2 is 1.96 bits per heavy atom. The molecule has 0 radical (unpaired) electrons. The van der Waals surface area contributed by atoms with Crippen LogP contribution in [-0.2, 0) is 12.6 Å². The number of aliphatic imine (C=N–C) groups is 1. The van der Waals surface area contributed by atoms with Crippen molar-refractivity contribution in [1.29, 1.82) is 0 Å². The van der Waals surface area contributed by atoms with Crippen LogP contribution in [0.3, 0.4) is 0 Å². The van der Waals surface area contributed by atoms with Crippen molar-refractivity contribution >= 4 is 29.9 Å². The summed E-state index contributed by atoms with van der Waals surface area (Å²) in [5, 5.41) is 21.5. The van der Waals surface area contributed by atoms with Gasteiger partial charge in [-0.2, -0.15) is 5.10 Å². The van der Waals surface area contributed by atoms with Crippen molar-refractivity contribution in [3.8, 4) is 0 Å². The first-order valence-electron chi connectivity index (χ1n) is 8.28. The van der Waals surface area contributed by atoms with Crippen LogP contribution in [0.1, 0.15) is 47.1 Å². The molecule has 1 atom stereocenters. The molecule has 1 saturated carbocycles. The van der Waals surface area contributed by atoms with Crippen LogP contribution in [0.2, 0.25) is 0 Å². The molecular weight excluding hydrogens is 417 g/mol. The maximum Gasteiger partial charge on any atom is 0.191 e. The van der Waals surface area contributed by atoms with Crippen LogP contribution >= 0.6 is 24.0 Å². The summed E-state index contributed by atoms with van der Waals surface area (Å²) >= 11 is 0. The van der Waals surface area contributed by atoms with Crippen molar-refractivity contribution in [2.45, 2.75) is 53.2 Å². The molecule has 0 aliphatic heterocycles. The Labute approximate surface area is 162 Å². The predicted molar refractivity (Wildman–Crippen MR) is 109 cm³/mol. The Balaban J connectivity index is 0.00000288. The van der Waals surface area contributed by atoms with E-state index >= 15 is 0 Å². The summed E-state index contributed by atoms with van der Waals surface area (Å²) < 4.78 is 1.69. The molecule has 1 aliphatic rings. The first-order valence-corrected chi connectivity index (χ1v) is 8.28. The van der Waals surface area contributed by atoms with E-state index in [1.54, 1.807) is 17.8 Å². The Morgan fingerprint density at radius 1 is 1.38 bits per heavy atom.